The minimum absolute atomic E-state index is 0.104. The molecule has 0 radical (unpaired) electrons. The van der Waals surface area contributed by atoms with Gasteiger partial charge < -0.3 is 5.32 Å². The van der Waals surface area contributed by atoms with Gasteiger partial charge in [0.1, 0.15) is 12.4 Å². The Kier molecular flexibility index (Phi) is 5.73. The highest BCUT2D eigenvalue weighted by Gasteiger charge is 2.15. The Labute approximate surface area is 161 Å². The quantitative estimate of drug-likeness (QED) is 0.710. The lowest BCUT2D eigenvalue weighted by molar-refractivity contribution is -0.121. The Morgan fingerprint density at radius 3 is 2.39 bits per heavy atom. The molecule has 0 aliphatic heterocycles. The SMILES string of the molecule is CC(C)Cn1c(=O)c2ccccc2n(CC(=O)NCc2ccc(F)cc2)c1=O. The van der Waals surface area contributed by atoms with Crippen molar-refractivity contribution in [1.82, 2.24) is 14.5 Å². The lowest BCUT2D eigenvalue weighted by Gasteiger charge is -2.15. The number of hydrogen-bond donors (Lipinski definition) is 1. The molecule has 146 valence electrons. The number of nitrogens with one attached hydrogen (secondary N) is 1. The number of rotatable bonds is 6. The molecule has 0 saturated carbocycles. The van der Waals surface area contributed by atoms with Crippen molar-refractivity contribution in [3.05, 3.63) is 80.7 Å². The van der Waals surface area contributed by atoms with Gasteiger partial charge in [-0.3, -0.25) is 18.7 Å². The number of halogens is 1. The van der Waals surface area contributed by atoms with E-state index in [1.54, 1.807) is 36.4 Å². The van der Waals surface area contributed by atoms with Gasteiger partial charge in [-0.2, -0.15) is 0 Å². The molecule has 1 amide bonds. The number of carbonyl (C=O) groups excluding carboxylic acids is 1. The molecule has 7 heteroatoms. The van der Waals surface area contributed by atoms with Crippen LogP contribution in [0.5, 0.6) is 0 Å². The van der Waals surface area contributed by atoms with Gasteiger partial charge >= 0.3 is 5.69 Å². The molecule has 0 aliphatic rings. The average molecular weight is 383 g/mol. The zero-order chi connectivity index (χ0) is 20.3. The van der Waals surface area contributed by atoms with Crippen LogP contribution in [-0.4, -0.2) is 15.0 Å². The van der Waals surface area contributed by atoms with E-state index < -0.39 is 5.69 Å². The van der Waals surface area contributed by atoms with Crippen LogP contribution < -0.4 is 16.6 Å². The highest BCUT2D eigenvalue weighted by atomic mass is 19.1. The van der Waals surface area contributed by atoms with Gasteiger partial charge in [-0.1, -0.05) is 38.1 Å². The molecule has 0 aliphatic carbocycles. The largest absolute Gasteiger partial charge is 0.350 e. The molecule has 0 spiro atoms. The molecule has 6 nitrogen and oxygen atoms in total. The third-order valence-electron chi connectivity index (χ3n) is 4.38. The van der Waals surface area contributed by atoms with Crippen LogP contribution in [0.15, 0.2) is 58.1 Å². The van der Waals surface area contributed by atoms with E-state index in [1.807, 2.05) is 13.8 Å². The van der Waals surface area contributed by atoms with E-state index >= 15 is 0 Å². The number of benzene rings is 2. The molecule has 0 unspecified atom stereocenters. The van der Waals surface area contributed by atoms with Crippen molar-refractivity contribution in [2.45, 2.75) is 33.5 Å². The van der Waals surface area contributed by atoms with E-state index in [4.69, 9.17) is 0 Å². The molecule has 0 fully saturated rings. The highest BCUT2D eigenvalue weighted by molar-refractivity contribution is 5.81. The van der Waals surface area contributed by atoms with Gasteiger partial charge in [0.05, 0.1) is 10.9 Å². The molecule has 3 rings (SSSR count). The maximum Gasteiger partial charge on any atom is 0.331 e. The van der Waals surface area contributed by atoms with Crippen molar-refractivity contribution >= 4 is 16.8 Å². The standard InChI is InChI=1S/C21H22FN3O3/c1-14(2)12-25-20(27)17-5-3-4-6-18(17)24(21(25)28)13-19(26)23-11-15-7-9-16(22)10-8-15/h3-10,14H,11-13H2,1-2H3,(H,23,26). The second-order valence-corrected chi connectivity index (χ2v) is 7.10. The molecule has 2 aromatic carbocycles. The summed E-state index contributed by atoms with van der Waals surface area (Å²) >= 11 is 0. The summed E-state index contributed by atoms with van der Waals surface area (Å²) in [4.78, 5) is 38.0. The maximum atomic E-state index is 13.0. The van der Waals surface area contributed by atoms with E-state index in [0.717, 1.165) is 5.56 Å². The summed E-state index contributed by atoms with van der Waals surface area (Å²) in [5.41, 5.74) is 0.317. The van der Waals surface area contributed by atoms with Crippen LogP contribution in [0.25, 0.3) is 10.9 Å². The fourth-order valence-corrected chi connectivity index (χ4v) is 3.05. The number of carbonyl (C=O) groups is 1. The van der Waals surface area contributed by atoms with Crippen LogP contribution in [-0.2, 0) is 24.4 Å². The smallest absolute Gasteiger partial charge is 0.331 e. The van der Waals surface area contributed by atoms with Crippen LogP contribution in [0.2, 0.25) is 0 Å². The van der Waals surface area contributed by atoms with Gasteiger partial charge in [0, 0.05) is 13.1 Å². The Bertz CT molecular complexity index is 1110. The molecule has 0 atom stereocenters. The first-order valence-corrected chi connectivity index (χ1v) is 9.10. The van der Waals surface area contributed by atoms with Crippen molar-refractivity contribution in [3.63, 3.8) is 0 Å². The monoisotopic (exact) mass is 383 g/mol. The van der Waals surface area contributed by atoms with Crippen LogP contribution in [0, 0.1) is 11.7 Å². The average Bonchev–Trinajstić information content (AvgIpc) is 2.68. The summed E-state index contributed by atoms with van der Waals surface area (Å²) in [6.45, 7) is 4.12. The van der Waals surface area contributed by atoms with Crippen LogP contribution in [0.1, 0.15) is 19.4 Å². The number of para-hydroxylation sites is 1. The molecule has 3 aromatic rings. The summed E-state index contributed by atoms with van der Waals surface area (Å²) in [5, 5.41) is 3.12. The summed E-state index contributed by atoms with van der Waals surface area (Å²) in [5.74, 6) is -0.612. The highest BCUT2D eigenvalue weighted by Crippen LogP contribution is 2.08. The zero-order valence-corrected chi connectivity index (χ0v) is 15.8. The summed E-state index contributed by atoms with van der Waals surface area (Å²) in [6, 6.07) is 12.6. The van der Waals surface area contributed by atoms with Crippen molar-refractivity contribution in [2.24, 2.45) is 5.92 Å². The van der Waals surface area contributed by atoms with Crippen molar-refractivity contribution in [1.29, 1.82) is 0 Å². The Morgan fingerprint density at radius 2 is 1.71 bits per heavy atom. The molecule has 1 aromatic heterocycles. The molecule has 1 heterocycles. The van der Waals surface area contributed by atoms with Gasteiger partial charge in [0.15, 0.2) is 0 Å². The Morgan fingerprint density at radius 1 is 1.04 bits per heavy atom. The topological polar surface area (TPSA) is 73.1 Å². The number of hydrogen-bond acceptors (Lipinski definition) is 3. The van der Waals surface area contributed by atoms with Gasteiger partial charge in [0.2, 0.25) is 5.91 Å². The van der Waals surface area contributed by atoms with Crippen LogP contribution in [0.3, 0.4) is 0 Å². The molecule has 28 heavy (non-hydrogen) atoms. The second kappa shape index (κ2) is 8.21. The van der Waals surface area contributed by atoms with Crippen LogP contribution >= 0.6 is 0 Å². The van der Waals surface area contributed by atoms with E-state index in [2.05, 4.69) is 5.32 Å². The first kappa shape index (κ1) is 19.5. The molecule has 1 N–H and O–H groups in total. The lowest BCUT2D eigenvalue weighted by atomic mass is 10.2. The van der Waals surface area contributed by atoms with Crippen molar-refractivity contribution in [3.8, 4) is 0 Å². The van der Waals surface area contributed by atoms with E-state index in [9.17, 15) is 18.8 Å². The van der Waals surface area contributed by atoms with E-state index in [-0.39, 0.29) is 42.8 Å². The number of nitrogens with zero attached hydrogens (tertiary/aromatic N) is 2. The van der Waals surface area contributed by atoms with Gasteiger partial charge in [-0.05, 0) is 35.7 Å². The third kappa shape index (κ3) is 4.19. The first-order valence-electron chi connectivity index (χ1n) is 9.10. The second-order valence-electron chi connectivity index (χ2n) is 7.10. The normalized spacial score (nSPS) is 11.1. The van der Waals surface area contributed by atoms with Gasteiger partial charge in [-0.25, -0.2) is 9.18 Å². The fourth-order valence-electron chi connectivity index (χ4n) is 3.05. The van der Waals surface area contributed by atoms with Gasteiger partial charge in [0.25, 0.3) is 5.56 Å². The van der Waals surface area contributed by atoms with Gasteiger partial charge in [-0.15, -0.1) is 0 Å². The van der Waals surface area contributed by atoms with Crippen molar-refractivity contribution < 1.29 is 9.18 Å². The predicted octanol–water partition coefficient (Wildman–Crippen LogP) is 2.27. The molecule has 0 saturated heterocycles. The molecule has 0 bridgehead atoms. The summed E-state index contributed by atoms with van der Waals surface area (Å²) < 4.78 is 15.5. The van der Waals surface area contributed by atoms with Crippen LogP contribution in [0.4, 0.5) is 4.39 Å². The number of aromatic nitrogens is 2. The first-order chi connectivity index (χ1) is 13.4. The molecular weight excluding hydrogens is 361 g/mol. The summed E-state index contributed by atoms with van der Waals surface area (Å²) in [7, 11) is 0. The molecular formula is C21H22FN3O3. The number of fused-ring (bicyclic) bond motifs is 1. The maximum absolute atomic E-state index is 13.0. The van der Waals surface area contributed by atoms with Crippen molar-refractivity contribution in [2.75, 3.05) is 0 Å². The van der Waals surface area contributed by atoms with E-state index in [0.29, 0.717) is 10.9 Å². The summed E-state index contributed by atoms with van der Waals surface area (Å²) in [6.07, 6.45) is 0. The fraction of sp³-hybridized carbons (Fsp3) is 0.286. The Balaban J connectivity index is 1.91. The minimum Gasteiger partial charge on any atom is -0.350 e. The minimum atomic E-state index is -0.505. The Hall–Kier alpha value is -3.22. The third-order valence-corrected chi connectivity index (χ3v) is 4.38. The van der Waals surface area contributed by atoms with E-state index in [1.165, 1.54) is 21.3 Å². The predicted molar refractivity (Wildman–Crippen MR) is 106 cm³/mol. The lowest BCUT2D eigenvalue weighted by Crippen LogP contribution is -2.43. The zero-order valence-electron chi connectivity index (χ0n) is 15.8. The number of amides is 1.